The van der Waals surface area contributed by atoms with Crippen molar-refractivity contribution in [2.24, 2.45) is 5.41 Å². The summed E-state index contributed by atoms with van der Waals surface area (Å²) in [7, 11) is 3.86. The molecule has 0 bridgehead atoms. The highest BCUT2D eigenvalue weighted by Crippen LogP contribution is 2.31. The maximum atomic E-state index is 5.68. The largest absolute Gasteiger partial charge is 0.497 e. The van der Waals surface area contributed by atoms with Gasteiger partial charge < -0.3 is 19.7 Å². The second kappa shape index (κ2) is 7.66. The molecule has 1 aliphatic heterocycles. The van der Waals surface area contributed by atoms with E-state index in [1.165, 1.54) is 12.1 Å². The molecule has 1 fully saturated rings. The van der Waals surface area contributed by atoms with E-state index >= 15 is 0 Å². The maximum Gasteiger partial charge on any atom is 0.120 e. The second-order valence-electron chi connectivity index (χ2n) is 6.04. The molecule has 0 amide bonds. The van der Waals surface area contributed by atoms with Gasteiger partial charge in [-0.2, -0.15) is 0 Å². The van der Waals surface area contributed by atoms with Crippen LogP contribution in [0, 0.1) is 5.41 Å². The number of hydrogen-bond acceptors (Lipinski definition) is 4. The lowest BCUT2D eigenvalue weighted by atomic mass is 9.86. The Labute approximate surface area is 128 Å². The molecule has 118 valence electrons. The van der Waals surface area contributed by atoms with Crippen LogP contribution in [-0.4, -0.2) is 47.0 Å². The summed E-state index contributed by atoms with van der Waals surface area (Å²) in [6.45, 7) is 7.02. The number of hydrogen-bond donors (Lipinski definition) is 1. The summed E-state index contributed by atoms with van der Waals surface area (Å²) in [5.74, 6) is 0.903. The van der Waals surface area contributed by atoms with Gasteiger partial charge in [-0.05, 0) is 31.5 Å². The number of ether oxygens (including phenoxy) is 2. The summed E-state index contributed by atoms with van der Waals surface area (Å²) >= 11 is 0. The molecule has 2 rings (SSSR count). The molecular weight excluding hydrogens is 264 g/mol. The minimum atomic E-state index is 0.215. The summed E-state index contributed by atoms with van der Waals surface area (Å²) in [5, 5.41) is 3.57. The van der Waals surface area contributed by atoms with Crippen molar-refractivity contribution in [3.63, 3.8) is 0 Å². The Hall–Kier alpha value is -1.26. The van der Waals surface area contributed by atoms with Crippen LogP contribution in [0.5, 0.6) is 5.75 Å². The predicted molar refractivity (Wildman–Crippen MR) is 87.3 cm³/mol. The highest BCUT2D eigenvalue weighted by molar-refractivity contribution is 5.50. The van der Waals surface area contributed by atoms with Gasteiger partial charge >= 0.3 is 0 Å². The molecular formula is C17H28N2O2. The van der Waals surface area contributed by atoms with E-state index in [1.807, 2.05) is 12.1 Å². The first-order valence-electron chi connectivity index (χ1n) is 7.83. The minimum Gasteiger partial charge on any atom is -0.497 e. The van der Waals surface area contributed by atoms with E-state index in [0.29, 0.717) is 0 Å². The van der Waals surface area contributed by atoms with Crippen LogP contribution in [0.15, 0.2) is 24.3 Å². The van der Waals surface area contributed by atoms with Gasteiger partial charge in [0.05, 0.1) is 13.7 Å². The molecule has 1 N–H and O–H groups in total. The van der Waals surface area contributed by atoms with Crippen molar-refractivity contribution in [3.8, 4) is 5.75 Å². The molecule has 1 aliphatic rings. The Morgan fingerprint density at radius 1 is 1.43 bits per heavy atom. The molecule has 0 spiro atoms. The van der Waals surface area contributed by atoms with Crippen molar-refractivity contribution >= 4 is 5.69 Å². The summed E-state index contributed by atoms with van der Waals surface area (Å²) in [4.78, 5) is 2.31. The lowest BCUT2D eigenvalue weighted by Gasteiger charge is -2.34. The van der Waals surface area contributed by atoms with Gasteiger partial charge in [-0.25, -0.2) is 0 Å². The first-order valence-corrected chi connectivity index (χ1v) is 7.83. The third kappa shape index (κ3) is 4.35. The Bertz CT molecular complexity index is 431. The molecule has 1 saturated heterocycles. The Balaban J connectivity index is 2.01. The Kier molecular flexibility index (Phi) is 5.88. The van der Waals surface area contributed by atoms with E-state index in [-0.39, 0.29) is 5.41 Å². The fraction of sp³-hybridized carbons (Fsp3) is 0.647. The van der Waals surface area contributed by atoms with Gasteiger partial charge in [0.2, 0.25) is 0 Å². The van der Waals surface area contributed by atoms with E-state index in [0.717, 1.165) is 45.0 Å². The van der Waals surface area contributed by atoms with Crippen LogP contribution in [0.4, 0.5) is 5.69 Å². The second-order valence-corrected chi connectivity index (χ2v) is 6.04. The summed E-state index contributed by atoms with van der Waals surface area (Å²) < 4.78 is 11.0. The molecule has 21 heavy (non-hydrogen) atoms. The third-order valence-corrected chi connectivity index (χ3v) is 4.18. The standard InChI is InChI=1S/C17H28N2O2/c1-4-9-18-12-17(8-10-21-14-17)13-19(2)15-6-5-7-16(11-15)20-3/h5-7,11,18H,4,8-10,12-14H2,1-3H3. The lowest BCUT2D eigenvalue weighted by molar-refractivity contribution is 0.152. The number of methoxy groups -OCH3 is 1. The van der Waals surface area contributed by atoms with Crippen LogP contribution in [0.1, 0.15) is 19.8 Å². The van der Waals surface area contributed by atoms with Gasteiger partial charge in [0.15, 0.2) is 0 Å². The summed E-state index contributed by atoms with van der Waals surface area (Å²) in [6.07, 6.45) is 2.29. The van der Waals surface area contributed by atoms with E-state index in [2.05, 4.69) is 36.3 Å². The molecule has 0 aliphatic carbocycles. The summed E-state index contributed by atoms with van der Waals surface area (Å²) in [5.41, 5.74) is 1.41. The fourth-order valence-corrected chi connectivity index (χ4v) is 2.94. The molecule has 0 aromatic heterocycles. The van der Waals surface area contributed by atoms with Crippen LogP contribution >= 0.6 is 0 Å². The molecule has 1 heterocycles. The molecule has 0 radical (unpaired) electrons. The molecule has 1 unspecified atom stereocenters. The van der Waals surface area contributed by atoms with Crippen LogP contribution in [-0.2, 0) is 4.74 Å². The Morgan fingerprint density at radius 2 is 2.29 bits per heavy atom. The van der Waals surface area contributed by atoms with Crippen molar-refractivity contribution in [2.45, 2.75) is 19.8 Å². The summed E-state index contributed by atoms with van der Waals surface area (Å²) in [6, 6.07) is 8.24. The maximum absolute atomic E-state index is 5.68. The quantitative estimate of drug-likeness (QED) is 0.747. The van der Waals surface area contributed by atoms with Gasteiger partial charge in [0.25, 0.3) is 0 Å². The van der Waals surface area contributed by atoms with Crippen molar-refractivity contribution in [1.82, 2.24) is 5.32 Å². The number of anilines is 1. The van der Waals surface area contributed by atoms with Crippen molar-refractivity contribution in [2.75, 3.05) is 51.9 Å². The molecule has 1 aromatic rings. The smallest absolute Gasteiger partial charge is 0.120 e. The van der Waals surface area contributed by atoms with E-state index < -0.39 is 0 Å². The molecule has 4 nitrogen and oxygen atoms in total. The van der Waals surface area contributed by atoms with Gasteiger partial charge in [-0.1, -0.05) is 13.0 Å². The fourth-order valence-electron chi connectivity index (χ4n) is 2.94. The van der Waals surface area contributed by atoms with Gasteiger partial charge in [-0.3, -0.25) is 0 Å². The van der Waals surface area contributed by atoms with Crippen LogP contribution in [0.3, 0.4) is 0 Å². The average molecular weight is 292 g/mol. The van der Waals surface area contributed by atoms with Crippen LogP contribution < -0.4 is 15.0 Å². The zero-order valence-electron chi connectivity index (χ0n) is 13.5. The number of nitrogens with one attached hydrogen (secondary N) is 1. The van der Waals surface area contributed by atoms with Crippen molar-refractivity contribution in [1.29, 1.82) is 0 Å². The third-order valence-electron chi connectivity index (χ3n) is 4.18. The van der Waals surface area contributed by atoms with E-state index in [9.17, 15) is 0 Å². The number of benzene rings is 1. The normalized spacial score (nSPS) is 21.5. The molecule has 1 atom stereocenters. The number of rotatable bonds is 8. The van der Waals surface area contributed by atoms with E-state index in [1.54, 1.807) is 7.11 Å². The first kappa shape index (κ1) is 16.1. The average Bonchev–Trinajstić information content (AvgIpc) is 2.96. The van der Waals surface area contributed by atoms with Crippen LogP contribution in [0.25, 0.3) is 0 Å². The first-order chi connectivity index (χ1) is 10.2. The molecule has 0 saturated carbocycles. The lowest BCUT2D eigenvalue weighted by Crippen LogP contribution is -2.44. The zero-order valence-corrected chi connectivity index (χ0v) is 13.5. The Morgan fingerprint density at radius 3 is 2.95 bits per heavy atom. The van der Waals surface area contributed by atoms with Crippen molar-refractivity contribution < 1.29 is 9.47 Å². The van der Waals surface area contributed by atoms with Crippen LogP contribution in [0.2, 0.25) is 0 Å². The van der Waals surface area contributed by atoms with Gasteiger partial charge in [-0.15, -0.1) is 0 Å². The highest BCUT2D eigenvalue weighted by Gasteiger charge is 2.35. The predicted octanol–water partition coefficient (Wildman–Crippen LogP) is 2.54. The molecule has 4 heteroatoms. The number of nitrogens with zero attached hydrogens (tertiary/aromatic N) is 1. The zero-order chi connectivity index (χ0) is 15.1. The SMILES string of the molecule is CCCNCC1(CN(C)c2cccc(OC)c2)CCOC1. The molecule has 1 aromatic carbocycles. The highest BCUT2D eigenvalue weighted by atomic mass is 16.5. The van der Waals surface area contributed by atoms with Gasteiger partial charge in [0.1, 0.15) is 5.75 Å². The minimum absolute atomic E-state index is 0.215. The monoisotopic (exact) mass is 292 g/mol. The topological polar surface area (TPSA) is 33.7 Å². The van der Waals surface area contributed by atoms with E-state index in [4.69, 9.17) is 9.47 Å². The van der Waals surface area contributed by atoms with Gasteiger partial charge in [0, 0.05) is 43.9 Å². The van der Waals surface area contributed by atoms with Crippen molar-refractivity contribution in [3.05, 3.63) is 24.3 Å².